The third kappa shape index (κ3) is 3.30. The van der Waals surface area contributed by atoms with Gasteiger partial charge in [-0.25, -0.2) is 4.79 Å². The fraction of sp³-hybridized carbons (Fsp3) is 0.474. The van der Waals surface area contributed by atoms with Gasteiger partial charge in [-0.05, 0) is 37.5 Å². The van der Waals surface area contributed by atoms with E-state index in [9.17, 15) is 9.59 Å². The Hall–Kier alpha value is -2.30. The topological polar surface area (TPSA) is 65.7 Å². The molecule has 0 unspecified atom stereocenters. The Kier molecular flexibility index (Phi) is 4.11. The summed E-state index contributed by atoms with van der Waals surface area (Å²) in [4.78, 5) is 23.4. The summed E-state index contributed by atoms with van der Waals surface area (Å²) >= 11 is 0. The highest BCUT2D eigenvalue weighted by molar-refractivity contribution is 5.79. The second-order valence-corrected chi connectivity index (χ2v) is 7.24. The van der Waals surface area contributed by atoms with Crippen LogP contribution in [0.1, 0.15) is 39.7 Å². The lowest BCUT2D eigenvalue weighted by atomic mass is 9.96. The molecular formula is C19H22O5. The van der Waals surface area contributed by atoms with Gasteiger partial charge < -0.3 is 13.9 Å². The maximum absolute atomic E-state index is 12.0. The van der Waals surface area contributed by atoms with E-state index >= 15 is 0 Å². The summed E-state index contributed by atoms with van der Waals surface area (Å²) in [7, 11) is 0. The lowest BCUT2D eigenvalue weighted by Gasteiger charge is -2.31. The monoisotopic (exact) mass is 330 g/mol. The standard InChI is InChI=1S/C19H22O5/c1-11(2)7-18(21)24-19(3,4)16-9-13-8-12-5-6-17(20)23-14(12)10-15(13)22-16/h5-6,8,10-11,16H,7,9H2,1-4H3/t16-/m0/s1. The third-order valence-electron chi connectivity index (χ3n) is 4.20. The number of hydrogen-bond acceptors (Lipinski definition) is 5. The quantitative estimate of drug-likeness (QED) is 0.634. The molecule has 5 nitrogen and oxygen atoms in total. The van der Waals surface area contributed by atoms with Crippen LogP contribution in [0.4, 0.5) is 0 Å². The molecule has 24 heavy (non-hydrogen) atoms. The summed E-state index contributed by atoms with van der Waals surface area (Å²) < 4.78 is 16.8. The zero-order valence-corrected chi connectivity index (χ0v) is 14.4. The molecule has 1 aromatic carbocycles. The Balaban J connectivity index is 1.81. The lowest BCUT2D eigenvalue weighted by Crippen LogP contribution is -2.43. The second kappa shape index (κ2) is 5.96. The molecule has 0 spiro atoms. The number of carbonyl (C=O) groups excluding carboxylic acids is 1. The van der Waals surface area contributed by atoms with Gasteiger partial charge in [0.15, 0.2) is 0 Å². The minimum absolute atomic E-state index is 0.217. The van der Waals surface area contributed by atoms with E-state index in [0.29, 0.717) is 24.2 Å². The lowest BCUT2D eigenvalue weighted by molar-refractivity contribution is -0.165. The molecule has 128 valence electrons. The van der Waals surface area contributed by atoms with Crippen LogP contribution >= 0.6 is 0 Å². The Labute approximate surface area is 140 Å². The number of carbonyl (C=O) groups is 1. The van der Waals surface area contributed by atoms with Crippen LogP contribution in [0.25, 0.3) is 11.0 Å². The van der Waals surface area contributed by atoms with Gasteiger partial charge in [-0.3, -0.25) is 4.79 Å². The number of hydrogen-bond donors (Lipinski definition) is 0. The zero-order valence-electron chi connectivity index (χ0n) is 14.4. The highest BCUT2D eigenvalue weighted by atomic mass is 16.6. The zero-order chi connectivity index (χ0) is 17.5. The first kappa shape index (κ1) is 16.6. The van der Waals surface area contributed by atoms with Crippen LogP contribution in [-0.2, 0) is 16.0 Å². The van der Waals surface area contributed by atoms with Crippen LogP contribution in [0.5, 0.6) is 5.75 Å². The molecule has 0 radical (unpaired) electrons. The van der Waals surface area contributed by atoms with Crippen molar-refractivity contribution < 1.29 is 18.7 Å². The Bertz CT molecular complexity index is 831. The predicted molar refractivity (Wildman–Crippen MR) is 90.2 cm³/mol. The third-order valence-corrected chi connectivity index (χ3v) is 4.20. The van der Waals surface area contributed by atoms with Crippen LogP contribution < -0.4 is 10.4 Å². The van der Waals surface area contributed by atoms with Gasteiger partial charge in [0.25, 0.3) is 0 Å². The predicted octanol–water partition coefficient (Wildman–Crippen LogP) is 3.46. The average Bonchev–Trinajstić information content (AvgIpc) is 2.86. The molecule has 0 saturated heterocycles. The Morgan fingerprint density at radius 3 is 2.79 bits per heavy atom. The molecule has 5 heteroatoms. The van der Waals surface area contributed by atoms with E-state index < -0.39 is 5.60 Å². The van der Waals surface area contributed by atoms with Gasteiger partial charge in [-0.1, -0.05) is 13.8 Å². The molecule has 2 heterocycles. The number of rotatable bonds is 4. The Morgan fingerprint density at radius 2 is 2.08 bits per heavy atom. The fourth-order valence-corrected chi connectivity index (χ4v) is 2.93. The second-order valence-electron chi connectivity index (χ2n) is 7.24. The summed E-state index contributed by atoms with van der Waals surface area (Å²) in [5.74, 6) is 0.712. The van der Waals surface area contributed by atoms with E-state index in [1.165, 1.54) is 6.07 Å². The van der Waals surface area contributed by atoms with Crippen molar-refractivity contribution in [2.45, 2.75) is 52.2 Å². The van der Waals surface area contributed by atoms with Crippen molar-refractivity contribution >= 4 is 16.9 Å². The maximum atomic E-state index is 12.0. The number of ether oxygens (including phenoxy) is 2. The van der Waals surface area contributed by atoms with E-state index in [4.69, 9.17) is 13.9 Å². The first-order valence-electron chi connectivity index (χ1n) is 8.20. The van der Waals surface area contributed by atoms with Crippen LogP contribution in [0.3, 0.4) is 0 Å². The van der Waals surface area contributed by atoms with Crippen molar-refractivity contribution in [3.8, 4) is 5.75 Å². The molecule has 0 bridgehead atoms. The van der Waals surface area contributed by atoms with Crippen LogP contribution in [-0.4, -0.2) is 17.7 Å². The molecule has 0 N–H and O–H groups in total. The van der Waals surface area contributed by atoms with Crippen molar-refractivity contribution in [2.75, 3.05) is 0 Å². The minimum Gasteiger partial charge on any atom is -0.485 e. The summed E-state index contributed by atoms with van der Waals surface area (Å²) in [6.45, 7) is 7.69. The molecule has 2 aromatic rings. The summed E-state index contributed by atoms with van der Waals surface area (Å²) in [6.07, 6.45) is 0.761. The molecule has 3 rings (SSSR count). The van der Waals surface area contributed by atoms with Crippen molar-refractivity contribution in [1.29, 1.82) is 0 Å². The number of esters is 1. The molecule has 0 aliphatic carbocycles. The van der Waals surface area contributed by atoms with Crippen LogP contribution in [0.2, 0.25) is 0 Å². The van der Waals surface area contributed by atoms with Crippen molar-refractivity contribution in [3.05, 3.63) is 40.2 Å². The summed E-state index contributed by atoms with van der Waals surface area (Å²) in [6, 6.07) is 6.83. The molecule has 0 fully saturated rings. The van der Waals surface area contributed by atoms with E-state index in [2.05, 4.69) is 0 Å². The van der Waals surface area contributed by atoms with Gasteiger partial charge in [-0.15, -0.1) is 0 Å². The first-order valence-corrected chi connectivity index (χ1v) is 8.20. The molecule has 1 aliphatic rings. The molecule has 1 atom stereocenters. The fourth-order valence-electron chi connectivity index (χ4n) is 2.93. The van der Waals surface area contributed by atoms with Crippen LogP contribution in [0, 0.1) is 5.92 Å². The molecule has 1 aliphatic heterocycles. The van der Waals surface area contributed by atoms with Gasteiger partial charge in [0, 0.05) is 30.4 Å². The minimum atomic E-state index is -0.738. The van der Waals surface area contributed by atoms with Crippen molar-refractivity contribution in [1.82, 2.24) is 0 Å². The Morgan fingerprint density at radius 1 is 1.33 bits per heavy atom. The van der Waals surface area contributed by atoms with Gasteiger partial charge in [0.05, 0.1) is 0 Å². The summed E-state index contributed by atoms with van der Waals surface area (Å²) in [5.41, 5.74) is 0.392. The normalized spacial score (nSPS) is 17.0. The average molecular weight is 330 g/mol. The van der Waals surface area contributed by atoms with Gasteiger partial charge in [-0.2, -0.15) is 0 Å². The highest BCUT2D eigenvalue weighted by Crippen LogP contribution is 2.37. The summed E-state index contributed by atoms with van der Waals surface area (Å²) in [5, 5.41) is 0.854. The molecule has 0 saturated carbocycles. The van der Waals surface area contributed by atoms with E-state index in [-0.39, 0.29) is 23.6 Å². The van der Waals surface area contributed by atoms with E-state index in [1.807, 2.05) is 33.8 Å². The largest absolute Gasteiger partial charge is 0.485 e. The molecule has 1 aromatic heterocycles. The highest BCUT2D eigenvalue weighted by Gasteiger charge is 2.39. The van der Waals surface area contributed by atoms with Crippen molar-refractivity contribution in [3.63, 3.8) is 0 Å². The van der Waals surface area contributed by atoms with Crippen LogP contribution in [0.15, 0.2) is 33.5 Å². The SMILES string of the molecule is CC(C)CC(=O)OC(C)(C)[C@@H]1Cc2cc3ccc(=O)oc3cc2O1. The first-order chi connectivity index (χ1) is 11.2. The molecular weight excluding hydrogens is 308 g/mol. The van der Waals surface area contributed by atoms with E-state index in [0.717, 1.165) is 10.9 Å². The van der Waals surface area contributed by atoms with Crippen molar-refractivity contribution in [2.24, 2.45) is 5.92 Å². The maximum Gasteiger partial charge on any atom is 0.336 e. The number of benzene rings is 1. The van der Waals surface area contributed by atoms with Gasteiger partial charge in [0.1, 0.15) is 23.0 Å². The van der Waals surface area contributed by atoms with Gasteiger partial charge >= 0.3 is 11.6 Å². The smallest absolute Gasteiger partial charge is 0.336 e. The van der Waals surface area contributed by atoms with E-state index in [1.54, 1.807) is 12.1 Å². The number of fused-ring (bicyclic) bond motifs is 2. The van der Waals surface area contributed by atoms with Gasteiger partial charge in [0.2, 0.25) is 0 Å². The molecule has 0 amide bonds.